The number of nitrogens with zero attached hydrogens (tertiary/aromatic N) is 1. The highest BCUT2D eigenvalue weighted by Crippen LogP contribution is 2.19. The normalized spacial score (nSPS) is 22.1. The quantitative estimate of drug-likeness (QED) is 0.886. The molecule has 0 amide bonds. The molecule has 0 aromatic heterocycles. The molecule has 2 rings (SSSR count). The highest BCUT2D eigenvalue weighted by atomic mass is 32.2. The van der Waals surface area contributed by atoms with Crippen LogP contribution in [0.15, 0.2) is 18.2 Å². The Morgan fingerprint density at radius 2 is 2.22 bits per heavy atom. The van der Waals surface area contributed by atoms with Crippen LogP contribution in [0, 0.1) is 17.1 Å². The van der Waals surface area contributed by atoms with Crippen molar-refractivity contribution in [3.63, 3.8) is 0 Å². The number of nitrogens with one attached hydrogen (secondary N) is 1. The van der Waals surface area contributed by atoms with E-state index in [0.29, 0.717) is 12.1 Å². The zero-order valence-corrected chi connectivity index (χ0v) is 10.5. The Balaban J connectivity index is 2.10. The number of hydrogen-bond donors (Lipinski definition) is 1. The lowest BCUT2D eigenvalue weighted by molar-refractivity contribution is 0.562. The Morgan fingerprint density at radius 1 is 1.44 bits per heavy atom. The molecule has 0 radical (unpaired) electrons. The van der Waals surface area contributed by atoms with Gasteiger partial charge in [0.2, 0.25) is 0 Å². The van der Waals surface area contributed by atoms with E-state index in [1.807, 2.05) is 0 Å². The summed E-state index contributed by atoms with van der Waals surface area (Å²) < 4.78 is 36.3. The van der Waals surface area contributed by atoms with Crippen molar-refractivity contribution >= 4 is 15.5 Å². The van der Waals surface area contributed by atoms with Gasteiger partial charge in [-0.1, -0.05) is 0 Å². The van der Waals surface area contributed by atoms with E-state index in [1.54, 1.807) is 12.1 Å². The minimum absolute atomic E-state index is 0.0168. The highest BCUT2D eigenvalue weighted by molar-refractivity contribution is 7.91. The second-order valence-corrected chi connectivity index (χ2v) is 6.63. The number of rotatable bonds is 2. The summed E-state index contributed by atoms with van der Waals surface area (Å²) in [7, 11) is -2.98. The third-order valence-electron chi connectivity index (χ3n) is 2.92. The molecule has 1 heterocycles. The van der Waals surface area contributed by atoms with Gasteiger partial charge in [0.15, 0.2) is 9.84 Å². The van der Waals surface area contributed by atoms with E-state index in [0.717, 1.165) is 6.42 Å². The largest absolute Gasteiger partial charge is 0.381 e. The number of sulfone groups is 1. The van der Waals surface area contributed by atoms with Crippen molar-refractivity contribution in [3.05, 3.63) is 29.6 Å². The number of benzene rings is 1. The summed E-state index contributed by atoms with van der Waals surface area (Å²) in [6.45, 7) is 0. The van der Waals surface area contributed by atoms with E-state index in [1.165, 1.54) is 12.1 Å². The Labute approximate surface area is 105 Å². The summed E-state index contributed by atoms with van der Waals surface area (Å²) in [5.74, 6) is -0.289. The van der Waals surface area contributed by atoms with E-state index in [9.17, 15) is 12.8 Å². The fraction of sp³-hybridized carbons (Fsp3) is 0.417. The zero-order valence-electron chi connectivity index (χ0n) is 9.69. The maximum absolute atomic E-state index is 13.4. The molecule has 4 nitrogen and oxygen atoms in total. The maximum Gasteiger partial charge on any atom is 0.152 e. The molecule has 0 spiro atoms. The van der Waals surface area contributed by atoms with Gasteiger partial charge < -0.3 is 5.32 Å². The molecular weight excluding hydrogens is 255 g/mol. The molecule has 0 aliphatic carbocycles. The SMILES string of the molecule is N#Cc1ccc(NC2CCCS(=O)(=O)C2)cc1F. The summed E-state index contributed by atoms with van der Waals surface area (Å²) in [5, 5.41) is 11.6. The van der Waals surface area contributed by atoms with E-state index in [2.05, 4.69) is 5.32 Å². The molecule has 1 unspecified atom stereocenters. The molecule has 1 atom stereocenters. The average Bonchev–Trinajstić information content (AvgIpc) is 2.28. The molecule has 1 saturated heterocycles. The maximum atomic E-state index is 13.4. The molecule has 1 aliphatic rings. The minimum atomic E-state index is -2.98. The second kappa shape index (κ2) is 4.94. The number of anilines is 1. The van der Waals surface area contributed by atoms with Gasteiger partial charge in [0, 0.05) is 11.7 Å². The van der Waals surface area contributed by atoms with E-state index >= 15 is 0 Å². The van der Waals surface area contributed by atoms with Crippen LogP contribution in [-0.2, 0) is 9.84 Å². The molecule has 6 heteroatoms. The lowest BCUT2D eigenvalue weighted by atomic mass is 10.1. The molecule has 1 aliphatic heterocycles. The Morgan fingerprint density at radius 3 is 2.83 bits per heavy atom. The standard InChI is InChI=1S/C12H13FN2O2S/c13-12-6-10(4-3-9(12)7-14)15-11-2-1-5-18(16,17)8-11/h3-4,6,11,15H,1-2,5,8H2. The van der Waals surface area contributed by atoms with Crippen molar-refractivity contribution in [2.24, 2.45) is 0 Å². The van der Waals surface area contributed by atoms with Crippen molar-refractivity contribution in [3.8, 4) is 6.07 Å². The predicted molar refractivity (Wildman–Crippen MR) is 66.4 cm³/mol. The molecule has 18 heavy (non-hydrogen) atoms. The van der Waals surface area contributed by atoms with Gasteiger partial charge in [-0.05, 0) is 31.0 Å². The first-order chi connectivity index (χ1) is 8.50. The van der Waals surface area contributed by atoms with Crippen molar-refractivity contribution in [2.45, 2.75) is 18.9 Å². The average molecular weight is 268 g/mol. The van der Waals surface area contributed by atoms with Gasteiger partial charge in [-0.3, -0.25) is 0 Å². The van der Waals surface area contributed by atoms with Crippen molar-refractivity contribution in [1.82, 2.24) is 0 Å². The van der Waals surface area contributed by atoms with Gasteiger partial charge in [-0.15, -0.1) is 0 Å². The van der Waals surface area contributed by atoms with Crippen LogP contribution in [0.3, 0.4) is 0 Å². The van der Waals surface area contributed by atoms with E-state index in [-0.39, 0.29) is 23.1 Å². The van der Waals surface area contributed by atoms with E-state index in [4.69, 9.17) is 5.26 Å². The molecule has 0 bridgehead atoms. The van der Waals surface area contributed by atoms with Crippen LogP contribution in [0.1, 0.15) is 18.4 Å². The first-order valence-electron chi connectivity index (χ1n) is 5.67. The lowest BCUT2D eigenvalue weighted by Gasteiger charge is -2.24. The number of halogens is 1. The van der Waals surface area contributed by atoms with Gasteiger partial charge in [-0.2, -0.15) is 5.26 Å². The zero-order chi connectivity index (χ0) is 13.2. The van der Waals surface area contributed by atoms with Crippen LogP contribution in [0.4, 0.5) is 10.1 Å². The number of hydrogen-bond acceptors (Lipinski definition) is 4. The van der Waals surface area contributed by atoms with Crippen molar-refractivity contribution in [1.29, 1.82) is 5.26 Å². The third-order valence-corrected chi connectivity index (χ3v) is 4.74. The smallest absolute Gasteiger partial charge is 0.152 e. The van der Waals surface area contributed by atoms with Crippen LogP contribution in [0.2, 0.25) is 0 Å². The summed E-state index contributed by atoms with van der Waals surface area (Å²) in [6.07, 6.45) is 1.37. The molecule has 1 aromatic rings. The summed E-state index contributed by atoms with van der Waals surface area (Å²) >= 11 is 0. The second-order valence-electron chi connectivity index (χ2n) is 4.40. The fourth-order valence-corrected chi connectivity index (χ4v) is 3.70. The first kappa shape index (κ1) is 12.8. The molecule has 96 valence electrons. The monoisotopic (exact) mass is 268 g/mol. The van der Waals surface area contributed by atoms with Crippen LogP contribution in [0.25, 0.3) is 0 Å². The first-order valence-corrected chi connectivity index (χ1v) is 7.49. The number of nitriles is 1. The van der Waals surface area contributed by atoms with Gasteiger partial charge in [0.1, 0.15) is 11.9 Å². The summed E-state index contributed by atoms with van der Waals surface area (Å²) in [4.78, 5) is 0. The molecule has 1 fully saturated rings. The van der Waals surface area contributed by atoms with Gasteiger partial charge in [0.05, 0.1) is 17.1 Å². The Bertz CT molecular complexity index is 593. The highest BCUT2D eigenvalue weighted by Gasteiger charge is 2.24. The van der Waals surface area contributed by atoms with Gasteiger partial charge >= 0.3 is 0 Å². The Hall–Kier alpha value is -1.61. The van der Waals surface area contributed by atoms with Gasteiger partial charge in [-0.25, -0.2) is 12.8 Å². The molecule has 1 N–H and O–H groups in total. The topological polar surface area (TPSA) is 70.0 Å². The molecular formula is C12H13FN2O2S. The molecule has 1 aromatic carbocycles. The molecule has 0 saturated carbocycles. The van der Waals surface area contributed by atoms with Crippen LogP contribution < -0.4 is 5.32 Å². The van der Waals surface area contributed by atoms with E-state index < -0.39 is 15.7 Å². The van der Waals surface area contributed by atoms with Crippen molar-refractivity contribution in [2.75, 3.05) is 16.8 Å². The third kappa shape index (κ3) is 2.99. The van der Waals surface area contributed by atoms with Crippen molar-refractivity contribution < 1.29 is 12.8 Å². The minimum Gasteiger partial charge on any atom is -0.381 e. The Kier molecular flexibility index (Phi) is 3.53. The summed E-state index contributed by atoms with van der Waals surface area (Å²) in [5.41, 5.74) is 0.491. The van der Waals surface area contributed by atoms with Crippen LogP contribution >= 0.6 is 0 Å². The van der Waals surface area contributed by atoms with Gasteiger partial charge in [0.25, 0.3) is 0 Å². The predicted octanol–water partition coefficient (Wildman–Crippen LogP) is 1.69. The lowest BCUT2D eigenvalue weighted by Crippen LogP contribution is -2.34. The fourth-order valence-electron chi connectivity index (χ4n) is 2.07. The van der Waals surface area contributed by atoms with Crippen LogP contribution in [0.5, 0.6) is 0 Å². The summed E-state index contributed by atoms with van der Waals surface area (Å²) in [6, 6.07) is 5.75. The van der Waals surface area contributed by atoms with Crippen LogP contribution in [-0.4, -0.2) is 26.0 Å².